The molecule has 4 nitrogen and oxygen atoms in total. The van der Waals surface area contributed by atoms with E-state index >= 15 is 0 Å². The standard InChI is InChI=1S/C11H22N2O2/c1-9-4-6-13(7-5-9)10(14)15-8-11(2,3)12/h9H,4-8,12H2,1-3H3. The molecule has 15 heavy (non-hydrogen) atoms. The van der Waals surface area contributed by atoms with Gasteiger partial charge in [0.25, 0.3) is 0 Å². The van der Waals surface area contributed by atoms with E-state index in [0.717, 1.165) is 31.8 Å². The Balaban J connectivity index is 2.29. The second kappa shape index (κ2) is 4.84. The number of piperidine rings is 1. The molecule has 4 heteroatoms. The van der Waals surface area contributed by atoms with Crippen molar-refractivity contribution in [1.29, 1.82) is 0 Å². The number of carbonyl (C=O) groups is 1. The van der Waals surface area contributed by atoms with Crippen LogP contribution in [0.15, 0.2) is 0 Å². The van der Waals surface area contributed by atoms with Gasteiger partial charge >= 0.3 is 6.09 Å². The fourth-order valence-corrected chi connectivity index (χ4v) is 1.53. The van der Waals surface area contributed by atoms with Crippen LogP contribution in [0.4, 0.5) is 4.79 Å². The van der Waals surface area contributed by atoms with E-state index in [2.05, 4.69) is 6.92 Å². The molecule has 1 heterocycles. The maximum Gasteiger partial charge on any atom is 0.409 e. The molecule has 2 N–H and O–H groups in total. The molecule has 0 aliphatic carbocycles. The van der Waals surface area contributed by atoms with Gasteiger partial charge < -0.3 is 15.4 Å². The highest BCUT2D eigenvalue weighted by atomic mass is 16.6. The minimum Gasteiger partial charge on any atom is -0.447 e. The number of amides is 1. The third-order valence-corrected chi connectivity index (χ3v) is 2.61. The first-order valence-electron chi connectivity index (χ1n) is 5.59. The predicted molar refractivity (Wildman–Crippen MR) is 59.6 cm³/mol. The first-order valence-corrected chi connectivity index (χ1v) is 5.59. The number of hydrogen-bond acceptors (Lipinski definition) is 3. The van der Waals surface area contributed by atoms with E-state index in [9.17, 15) is 4.79 Å². The number of carbonyl (C=O) groups excluding carboxylic acids is 1. The lowest BCUT2D eigenvalue weighted by Gasteiger charge is -2.30. The van der Waals surface area contributed by atoms with Crippen molar-refractivity contribution in [3.8, 4) is 0 Å². The third kappa shape index (κ3) is 4.51. The Kier molecular flexibility index (Phi) is 3.97. The summed E-state index contributed by atoms with van der Waals surface area (Å²) in [6, 6.07) is 0. The molecular weight excluding hydrogens is 192 g/mol. The van der Waals surface area contributed by atoms with Gasteiger partial charge in [0.15, 0.2) is 0 Å². The van der Waals surface area contributed by atoms with Gasteiger partial charge in [-0.15, -0.1) is 0 Å². The van der Waals surface area contributed by atoms with Gasteiger partial charge in [0, 0.05) is 18.6 Å². The number of hydrogen-bond donors (Lipinski definition) is 1. The fraction of sp³-hybridized carbons (Fsp3) is 0.909. The van der Waals surface area contributed by atoms with E-state index in [1.807, 2.05) is 13.8 Å². The molecule has 1 saturated heterocycles. The summed E-state index contributed by atoms with van der Waals surface area (Å²) in [5, 5.41) is 0. The Bertz CT molecular complexity index is 215. The highest BCUT2D eigenvalue weighted by Gasteiger charge is 2.22. The largest absolute Gasteiger partial charge is 0.447 e. The Morgan fingerprint density at radius 1 is 1.47 bits per heavy atom. The van der Waals surface area contributed by atoms with Crippen LogP contribution in [-0.2, 0) is 4.74 Å². The Morgan fingerprint density at radius 2 is 2.00 bits per heavy atom. The average molecular weight is 214 g/mol. The van der Waals surface area contributed by atoms with Gasteiger partial charge in [-0.1, -0.05) is 6.92 Å². The zero-order chi connectivity index (χ0) is 11.5. The molecular formula is C11H22N2O2. The summed E-state index contributed by atoms with van der Waals surface area (Å²) in [5.41, 5.74) is 5.29. The Labute approximate surface area is 91.8 Å². The summed E-state index contributed by atoms with van der Waals surface area (Å²) in [5.74, 6) is 0.722. The van der Waals surface area contributed by atoms with E-state index in [0.29, 0.717) is 0 Å². The molecule has 0 unspecified atom stereocenters. The van der Waals surface area contributed by atoms with Crippen molar-refractivity contribution >= 4 is 6.09 Å². The normalized spacial score (nSPS) is 19.1. The van der Waals surface area contributed by atoms with E-state index in [4.69, 9.17) is 10.5 Å². The van der Waals surface area contributed by atoms with E-state index in [-0.39, 0.29) is 12.7 Å². The summed E-state index contributed by atoms with van der Waals surface area (Å²) < 4.78 is 5.14. The van der Waals surface area contributed by atoms with Crippen LogP contribution in [0, 0.1) is 5.92 Å². The van der Waals surface area contributed by atoms with Crippen molar-refractivity contribution in [2.75, 3.05) is 19.7 Å². The minimum atomic E-state index is -0.446. The number of rotatable bonds is 2. The van der Waals surface area contributed by atoms with E-state index in [1.54, 1.807) is 4.90 Å². The molecule has 0 spiro atoms. The third-order valence-electron chi connectivity index (χ3n) is 2.61. The Morgan fingerprint density at radius 3 is 2.47 bits per heavy atom. The van der Waals surface area contributed by atoms with Crippen LogP contribution >= 0.6 is 0 Å². The van der Waals surface area contributed by atoms with Gasteiger partial charge in [0.1, 0.15) is 6.61 Å². The fourth-order valence-electron chi connectivity index (χ4n) is 1.53. The molecule has 0 bridgehead atoms. The molecule has 0 atom stereocenters. The number of ether oxygens (including phenoxy) is 1. The smallest absolute Gasteiger partial charge is 0.409 e. The summed E-state index contributed by atoms with van der Waals surface area (Å²) in [4.78, 5) is 13.4. The van der Waals surface area contributed by atoms with Gasteiger partial charge in [-0.2, -0.15) is 0 Å². The highest BCUT2D eigenvalue weighted by molar-refractivity contribution is 5.67. The quantitative estimate of drug-likeness (QED) is 0.759. The Hall–Kier alpha value is -0.770. The predicted octanol–water partition coefficient (Wildman–Crippen LogP) is 1.59. The zero-order valence-electron chi connectivity index (χ0n) is 9.95. The molecule has 1 aliphatic rings. The van der Waals surface area contributed by atoms with Crippen LogP contribution in [0.3, 0.4) is 0 Å². The average Bonchev–Trinajstić information content (AvgIpc) is 2.14. The molecule has 0 radical (unpaired) electrons. The molecule has 1 aliphatic heterocycles. The second-order valence-electron chi connectivity index (χ2n) is 5.21. The molecule has 88 valence electrons. The summed E-state index contributed by atoms with van der Waals surface area (Å²) >= 11 is 0. The molecule has 0 aromatic carbocycles. The molecule has 0 saturated carbocycles. The van der Waals surface area contributed by atoms with E-state index in [1.165, 1.54) is 0 Å². The number of nitrogens with zero attached hydrogens (tertiary/aromatic N) is 1. The SMILES string of the molecule is CC1CCN(C(=O)OCC(C)(C)N)CC1. The van der Waals surface area contributed by atoms with Crippen molar-refractivity contribution in [2.45, 2.75) is 39.2 Å². The summed E-state index contributed by atoms with van der Waals surface area (Å²) in [6.45, 7) is 7.80. The number of likely N-dealkylation sites (tertiary alicyclic amines) is 1. The van der Waals surface area contributed by atoms with Crippen molar-refractivity contribution in [3.05, 3.63) is 0 Å². The minimum absolute atomic E-state index is 0.222. The van der Waals surface area contributed by atoms with Crippen LogP contribution in [0.25, 0.3) is 0 Å². The van der Waals surface area contributed by atoms with Crippen LogP contribution in [0.1, 0.15) is 33.6 Å². The lowest BCUT2D eigenvalue weighted by atomic mass is 10.00. The maximum absolute atomic E-state index is 11.6. The van der Waals surface area contributed by atoms with Crippen molar-refractivity contribution in [2.24, 2.45) is 11.7 Å². The van der Waals surface area contributed by atoms with Gasteiger partial charge in [-0.3, -0.25) is 0 Å². The lowest BCUT2D eigenvalue weighted by Crippen LogP contribution is -2.43. The maximum atomic E-state index is 11.6. The monoisotopic (exact) mass is 214 g/mol. The zero-order valence-corrected chi connectivity index (χ0v) is 9.95. The molecule has 0 aromatic rings. The van der Waals surface area contributed by atoms with Crippen molar-refractivity contribution in [1.82, 2.24) is 4.90 Å². The topological polar surface area (TPSA) is 55.6 Å². The van der Waals surface area contributed by atoms with Crippen LogP contribution in [-0.4, -0.2) is 36.2 Å². The molecule has 1 fully saturated rings. The molecule has 0 aromatic heterocycles. The first kappa shape index (κ1) is 12.3. The highest BCUT2D eigenvalue weighted by Crippen LogP contribution is 2.16. The summed E-state index contributed by atoms with van der Waals surface area (Å²) in [6.07, 6.45) is 1.92. The summed E-state index contributed by atoms with van der Waals surface area (Å²) in [7, 11) is 0. The first-order chi connectivity index (χ1) is 6.88. The van der Waals surface area contributed by atoms with Crippen LogP contribution in [0.2, 0.25) is 0 Å². The van der Waals surface area contributed by atoms with Crippen molar-refractivity contribution < 1.29 is 9.53 Å². The van der Waals surface area contributed by atoms with Gasteiger partial charge in [-0.25, -0.2) is 4.79 Å². The van der Waals surface area contributed by atoms with Crippen LogP contribution < -0.4 is 5.73 Å². The van der Waals surface area contributed by atoms with Gasteiger partial charge in [0.2, 0.25) is 0 Å². The molecule has 1 rings (SSSR count). The van der Waals surface area contributed by atoms with Gasteiger partial charge in [-0.05, 0) is 32.6 Å². The van der Waals surface area contributed by atoms with Gasteiger partial charge in [0.05, 0.1) is 0 Å². The van der Waals surface area contributed by atoms with Crippen LogP contribution in [0.5, 0.6) is 0 Å². The van der Waals surface area contributed by atoms with Crippen molar-refractivity contribution in [3.63, 3.8) is 0 Å². The second-order valence-corrected chi connectivity index (χ2v) is 5.21. The number of nitrogens with two attached hydrogens (primary N) is 1. The molecule has 1 amide bonds. The lowest BCUT2D eigenvalue weighted by molar-refractivity contribution is 0.0753. The van der Waals surface area contributed by atoms with E-state index < -0.39 is 5.54 Å².